The highest BCUT2D eigenvalue weighted by molar-refractivity contribution is 6.10. The molecule has 176 valence electrons. The van der Waals surface area contributed by atoms with Crippen molar-refractivity contribution in [1.29, 1.82) is 0 Å². The summed E-state index contributed by atoms with van der Waals surface area (Å²) in [5.41, 5.74) is 16.9. The maximum absolute atomic E-state index is 6.82. The zero-order chi connectivity index (χ0) is 24.5. The summed E-state index contributed by atoms with van der Waals surface area (Å²) in [4.78, 5) is 0. The molecule has 1 aromatic heterocycles. The first-order chi connectivity index (χ1) is 17.8. The number of benzene rings is 5. The maximum Gasteiger partial charge on any atom is 0.0700 e. The van der Waals surface area contributed by atoms with Gasteiger partial charge in [-0.15, -0.1) is 0 Å². The normalized spacial score (nSPS) is 11.2. The van der Waals surface area contributed by atoms with Crippen molar-refractivity contribution >= 4 is 33.2 Å². The van der Waals surface area contributed by atoms with E-state index in [-0.39, 0.29) is 0 Å². The monoisotopic (exact) mass is 467 g/mol. The van der Waals surface area contributed by atoms with Crippen LogP contribution in [0.2, 0.25) is 0 Å². The Hall–Kier alpha value is -4.50. The Kier molecular flexibility index (Phi) is 5.67. The van der Waals surface area contributed by atoms with E-state index in [0.29, 0.717) is 0 Å². The van der Waals surface area contributed by atoms with E-state index in [1.54, 1.807) is 0 Å². The average molecular weight is 468 g/mol. The summed E-state index contributed by atoms with van der Waals surface area (Å²) in [6.07, 6.45) is 1.87. The standard InChI is InChI=1S/C33H29N3/c1-35-33-28(27-16-9-13-24(32(27)34)22-21-23-11-3-2-4-12-23)17-10-20-31(33)36-29-18-7-5-14-25(29)26-15-6-8-19-30(26)36/h2-20,35H,21-22,34H2,1H3. The first-order valence-electron chi connectivity index (χ1n) is 12.5. The number of fused-ring (bicyclic) bond motifs is 3. The predicted octanol–water partition coefficient (Wildman–Crippen LogP) is 7.86. The van der Waals surface area contributed by atoms with Crippen LogP contribution in [0.3, 0.4) is 0 Å². The molecule has 6 aromatic rings. The first-order valence-corrected chi connectivity index (χ1v) is 12.5. The van der Waals surface area contributed by atoms with E-state index in [1.807, 2.05) is 7.05 Å². The molecule has 0 saturated carbocycles. The Morgan fingerprint density at radius 1 is 0.611 bits per heavy atom. The number of rotatable bonds is 6. The van der Waals surface area contributed by atoms with E-state index < -0.39 is 0 Å². The lowest BCUT2D eigenvalue weighted by molar-refractivity contribution is 0.963. The quantitative estimate of drug-likeness (QED) is 0.245. The highest BCUT2D eigenvalue weighted by Gasteiger charge is 2.18. The molecule has 0 aliphatic rings. The second kappa shape index (κ2) is 9.27. The highest BCUT2D eigenvalue weighted by Crippen LogP contribution is 2.40. The summed E-state index contributed by atoms with van der Waals surface area (Å²) in [6, 6.07) is 40.7. The minimum Gasteiger partial charge on any atom is -0.398 e. The highest BCUT2D eigenvalue weighted by atomic mass is 15.0. The summed E-state index contributed by atoms with van der Waals surface area (Å²) in [5.74, 6) is 0. The lowest BCUT2D eigenvalue weighted by Gasteiger charge is -2.19. The Labute approximate surface area is 211 Å². The summed E-state index contributed by atoms with van der Waals surface area (Å²) >= 11 is 0. The Morgan fingerprint density at radius 3 is 1.92 bits per heavy atom. The molecule has 0 amide bonds. The molecule has 0 atom stereocenters. The van der Waals surface area contributed by atoms with E-state index in [4.69, 9.17) is 5.73 Å². The van der Waals surface area contributed by atoms with Crippen molar-refractivity contribution in [2.45, 2.75) is 12.8 Å². The van der Waals surface area contributed by atoms with Crippen LogP contribution in [0.1, 0.15) is 11.1 Å². The lowest BCUT2D eigenvalue weighted by Crippen LogP contribution is -2.04. The number of hydrogen-bond donors (Lipinski definition) is 2. The lowest BCUT2D eigenvalue weighted by atomic mass is 9.95. The van der Waals surface area contributed by atoms with Crippen molar-refractivity contribution in [3.05, 3.63) is 126 Å². The fourth-order valence-electron chi connectivity index (χ4n) is 5.39. The van der Waals surface area contributed by atoms with Crippen LogP contribution in [-0.2, 0) is 12.8 Å². The van der Waals surface area contributed by atoms with Crippen LogP contribution < -0.4 is 11.1 Å². The summed E-state index contributed by atoms with van der Waals surface area (Å²) < 4.78 is 2.36. The number of anilines is 2. The fourth-order valence-corrected chi connectivity index (χ4v) is 5.39. The number of para-hydroxylation sites is 4. The smallest absolute Gasteiger partial charge is 0.0700 e. The van der Waals surface area contributed by atoms with E-state index in [9.17, 15) is 0 Å². The molecule has 0 fully saturated rings. The summed E-state index contributed by atoms with van der Waals surface area (Å²) in [7, 11) is 1.99. The van der Waals surface area contributed by atoms with Crippen LogP contribution in [0.15, 0.2) is 115 Å². The van der Waals surface area contributed by atoms with Gasteiger partial charge in [-0.1, -0.05) is 97.1 Å². The molecule has 0 unspecified atom stereocenters. The van der Waals surface area contributed by atoms with Crippen molar-refractivity contribution < 1.29 is 0 Å². The number of nitrogens with one attached hydrogen (secondary N) is 1. The third-order valence-corrected chi connectivity index (χ3v) is 7.13. The van der Waals surface area contributed by atoms with Gasteiger partial charge in [-0.3, -0.25) is 0 Å². The van der Waals surface area contributed by atoms with Gasteiger partial charge in [-0.05, 0) is 42.2 Å². The largest absolute Gasteiger partial charge is 0.398 e. The molecule has 3 heteroatoms. The van der Waals surface area contributed by atoms with Crippen LogP contribution >= 0.6 is 0 Å². The van der Waals surface area contributed by atoms with E-state index in [1.165, 1.54) is 32.9 Å². The molecule has 0 spiro atoms. The molecular weight excluding hydrogens is 438 g/mol. The maximum atomic E-state index is 6.82. The van der Waals surface area contributed by atoms with E-state index in [2.05, 4.69) is 125 Å². The predicted molar refractivity (Wildman–Crippen MR) is 154 cm³/mol. The number of nitrogen functional groups attached to an aromatic ring is 1. The molecule has 5 aromatic carbocycles. The molecule has 6 rings (SSSR count). The van der Waals surface area contributed by atoms with Crippen molar-refractivity contribution in [2.75, 3.05) is 18.1 Å². The van der Waals surface area contributed by atoms with Gasteiger partial charge in [-0.2, -0.15) is 0 Å². The molecule has 0 radical (unpaired) electrons. The second-order valence-corrected chi connectivity index (χ2v) is 9.18. The molecule has 36 heavy (non-hydrogen) atoms. The fraction of sp³-hybridized carbons (Fsp3) is 0.0909. The van der Waals surface area contributed by atoms with Gasteiger partial charge < -0.3 is 15.6 Å². The van der Waals surface area contributed by atoms with Gasteiger partial charge in [-0.25, -0.2) is 0 Å². The molecule has 3 N–H and O–H groups in total. The zero-order valence-corrected chi connectivity index (χ0v) is 20.4. The third-order valence-electron chi connectivity index (χ3n) is 7.13. The molecule has 3 nitrogen and oxygen atoms in total. The minimum absolute atomic E-state index is 0.851. The molecule has 0 saturated heterocycles. The number of aryl methyl sites for hydroxylation is 2. The van der Waals surface area contributed by atoms with Crippen LogP contribution in [0.25, 0.3) is 38.6 Å². The van der Waals surface area contributed by atoms with Crippen molar-refractivity contribution in [3.63, 3.8) is 0 Å². The number of nitrogens with zero attached hydrogens (tertiary/aromatic N) is 1. The Morgan fingerprint density at radius 2 is 1.22 bits per heavy atom. The molecule has 0 aliphatic heterocycles. The van der Waals surface area contributed by atoms with Gasteiger partial charge in [0.15, 0.2) is 0 Å². The van der Waals surface area contributed by atoms with E-state index in [0.717, 1.165) is 41.0 Å². The first kappa shape index (κ1) is 22.0. The number of aromatic nitrogens is 1. The Balaban J connectivity index is 1.49. The van der Waals surface area contributed by atoms with Crippen LogP contribution in [0, 0.1) is 0 Å². The molecule has 0 bridgehead atoms. The minimum atomic E-state index is 0.851. The SMILES string of the molecule is CNc1c(-c2cccc(CCc3ccccc3)c2N)cccc1-n1c2ccccc2c2ccccc21. The van der Waals surface area contributed by atoms with Crippen LogP contribution in [0.4, 0.5) is 11.4 Å². The van der Waals surface area contributed by atoms with Gasteiger partial charge in [0, 0.05) is 34.6 Å². The number of nitrogens with two attached hydrogens (primary N) is 1. The van der Waals surface area contributed by atoms with Crippen LogP contribution in [0.5, 0.6) is 0 Å². The number of hydrogen-bond acceptors (Lipinski definition) is 2. The summed E-state index contributed by atoms with van der Waals surface area (Å²) in [6.45, 7) is 0. The zero-order valence-electron chi connectivity index (χ0n) is 20.4. The topological polar surface area (TPSA) is 43.0 Å². The van der Waals surface area contributed by atoms with Gasteiger partial charge >= 0.3 is 0 Å². The second-order valence-electron chi connectivity index (χ2n) is 9.18. The van der Waals surface area contributed by atoms with Gasteiger partial charge in [0.2, 0.25) is 0 Å². The third kappa shape index (κ3) is 3.70. The van der Waals surface area contributed by atoms with E-state index >= 15 is 0 Å². The van der Waals surface area contributed by atoms with Gasteiger partial charge in [0.05, 0.1) is 22.4 Å². The molecule has 0 aliphatic carbocycles. The molecular formula is C33H29N3. The van der Waals surface area contributed by atoms with Gasteiger partial charge in [0.1, 0.15) is 0 Å². The Bertz CT molecular complexity index is 1630. The van der Waals surface area contributed by atoms with Crippen molar-refractivity contribution in [1.82, 2.24) is 4.57 Å². The van der Waals surface area contributed by atoms with Crippen molar-refractivity contribution in [3.8, 4) is 16.8 Å². The van der Waals surface area contributed by atoms with Crippen molar-refractivity contribution in [2.24, 2.45) is 0 Å². The summed E-state index contributed by atoms with van der Waals surface area (Å²) in [5, 5.41) is 6.01. The van der Waals surface area contributed by atoms with Crippen LogP contribution in [-0.4, -0.2) is 11.6 Å². The molecule has 1 heterocycles. The average Bonchev–Trinajstić information content (AvgIpc) is 3.27. The van der Waals surface area contributed by atoms with Gasteiger partial charge in [0.25, 0.3) is 0 Å².